The molecule has 5 nitrogen and oxygen atoms in total. The highest BCUT2D eigenvalue weighted by atomic mass is 16.2. The first-order chi connectivity index (χ1) is 8.49. The van der Waals surface area contributed by atoms with Crippen molar-refractivity contribution in [3.8, 4) is 0 Å². The fraction of sp³-hybridized carbons (Fsp3) is 0.692. The van der Waals surface area contributed by atoms with E-state index in [4.69, 9.17) is 0 Å². The number of hydrogen-bond donors (Lipinski definition) is 2. The molecule has 5 heteroatoms. The topological polar surface area (TPSA) is 59.0 Å². The van der Waals surface area contributed by atoms with Crippen LogP contribution in [0.25, 0.3) is 0 Å². The Morgan fingerprint density at radius 2 is 2.33 bits per heavy atom. The summed E-state index contributed by atoms with van der Waals surface area (Å²) < 4.78 is 1.75. The highest BCUT2D eigenvalue weighted by Gasteiger charge is 2.30. The highest BCUT2D eigenvalue weighted by Crippen LogP contribution is 2.23. The van der Waals surface area contributed by atoms with Crippen molar-refractivity contribution in [3.63, 3.8) is 0 Å². The number of carbonyl (C=O) groups excluding carboxylic acids is 1. The zero-order valence-electron chi connectivity index (χ0n) is 11.5. The summed E-state index contributed by atoms with van der Waals surface area (Å²) >= 11 is 0. The van der Waals surface area contributed by atoms with Crippen LogP contribution in [0.1, 0.15) is 38.8 Å². The van der Waals surface area contributed by atoms with E-state index in [0.29, 0.717) is 11.8 Å². The molecule has 1 aliphatic rings. The minimum Gasteiger partial charge on any atom is -0.322 e. The Balaban J connectivity index is 2.11. The van der Waals surface area contributed by atoms with Crippen LogP contribution >= 0.6 is 0 Å². The van der Waals surface area contributed by atoms with E-state index in [0.717, 1.165) is 24.3 Å². The van der Waals surface area contributed by atoms with Crippen molar-refractivity contribution in [2.45, 2.75) is 39.2 Å². The van der Waals surface area contributed by atoms with Crippen molar-refractivity contribution in [2.75, 3.05) is 11.9 Å². The van der Waals surface area contributed by atoms with Gasteiger partial charge in [0.15, 0.2) is 0 Å². The van der Waals surface area contributed by atoms with Crippen LogP contribution in [0, 0.1) is 5.92 Å². The second-order valence-corrected chi connectivity index (χ2v) is 5.44. The summed E-state index contributed by atoms with van der Waals surface area (Å²) in [5.74, 6) is 0.745. The molecule has 1 aromatic rings. The van der Waals surface area contributed by atoms with E-state index in [9.17, 15) is 4.79 Å². The predicted molar refractivity (Wildman–Crippen MR) is 71.5 cm³/mol. The van der Waals surface area contributed by atoms with Crippen LogP contribution in [-0.2, 0) is 11.8 Å². The number of aromatic nitrogens is 2. The second kappa shape index (κ2) is 5.10. The lowest BCUT2D eigenvalue weighted by Crippen LogP contribution is -2.39. The molecule has 0 radical (unpaired) electrons. The van der Waals surface area contributed by atoms with Gasteiger partial charge in [-0.2, -0.15) is 5.10 Å². The van der Waals surface area contributed by atoms with Crippen LogP contribution < -0.4 is 10.6 Å². The molecule has 0 bridgehead atoms. The summed E-state index contributed by atoms with van der Waals surface area (Å²) in [5, 5.41) is 10.6. The Bertz CT molecular complexity index is 438. The van der Waals surface area contributed by atoms with Crippen molar-refractivity contribution in [2.24, 2.45) is 13.0 Å². The number of nitrogens with zero attached hydrogens (tertiary/aromatic N) is 2. The Kier molecular flexibility index (Phi) is 3.71. The first kappa shape index (κ1) is 13.1. The number of anilines is 1. The van der Waals surface area contributed by atoms with E-state index in [-0.39, 0.29) is 11.9 Å². The highest BCUT2D eigenvalue weighted by molar-refractivity contribution is 5.95. The molecule has 1 aliphatic heterocycles. The predicted octanol–water partition coefficient (Wildman–Crippen LogP) is 1.48. The molecule has 0 saturated carbocycles. The van der Waals surface area contributed by atoms with Crippen molar-refractivity contribution < 1.29 is 4.79 Å². The number of nitrogens with one attached hydrogen (secondary N) is 2. The SMILES string of the molecule is CC(C)c1nn(C)cc1NC(=O)C1NCCC1C. The van der Waals surface area contributed by atoms with Crippen LogP contribution in [0.5, 0.6) is 0 Å². The molecular weight excluding hydrogens is 228 g/mol. The van der Waals surface area contributed by atoms with Crippen molar-refractivity contribution in [3.05, 3.63) is 11.9 Å². The molecule has 2 unspecified atom stereocenters. The Morgan fingerprint density at radius 1 is 1.61 bits per heavy atom. The average molecular weight is 250 g/mol. The maximum atomic E-state index is 12.2. The summed E-state index contributed by atoms with van der Waals surface area (Å²) in [5.41, 5.74) is 1.77. The molecule has 0 aliphatic carbocycles. The average Bonchev–Trinajstić information content (AvgIpc) is 2.84. The van der Waals surface area contributed by atoms with Crippen LogP contribution in [0.15, 0.2) is 6.20 Å². The number of rotatable bonds is 3. The summed E-state index contributed by atoms with van der Waals surface area (Å²) in [7, 11) is 1.87. The van der Waals surface area contributed by atoms with Gasteiger partial charge < -0.3 is 10.6 Å². The van der Waals surface area contributed by atoms with Gasteiger partial charge in [0.1, 0.15) is 0 Å². The molecule has 2 atom stereocenters. The third-order valence-electron chi connectivity index (χ3n) is 3.48. The Hall–Kier alpha value is -1.36. The molecule has 0 aromatic carbocycles. The van der Waals surface area contributed by atoms with Crippen molar-refractivity contribution in [1.29, 1.82) is 0 Å². The van der Waals surface area contributed by atoms with Crippen LogP contribution in [-0.4, -0.2) is 28.3 Å². The lowest BCUT2D eigenvalue weighted by atomic mass is 10.0. The molecule has 0 spiro atoms. The Morgan fingerprint density at radius 3 is 2.89 bits per heavy atom. The van der Waals surface area contributed by atoms with Gasteiger partial charge in [-0.25, -0.2) is 0 Å². The molecular formula is C13H22N4O. The van der Waals surface area contributed by atoms with Crippen molar-refractivity contribution in [1.82, 2.24) is 15.1 Å². The van der Waals surface area contributed by atoms with Gasteiger partial charge in [-0.05, 0) is 24.8 Å². The van der Waals surface area contributed by atoms with E-state index in [1.807, 2.05) is 13.2 Å². The molecule has 2 heterocycles. The van der Waals surface area contributed by atoms with Gasteiger partial charge in [0.2, 0.25) is 5.91 Å². The van der Waals surface area contributed by atoms with E-state index in [1.54, 1.807) is 4.68 Å². The van der Waals surface area contributed by atoms with Gasteiger partial charge in [-0.3, -0.25) is 9.48 Å². The van der Waals surface area contributed by atoms with Crippen LogP contribution in [0.3, 0.4) is 0 Å². The Labute approximate surface area is 108 Å². The summed E-state index contributed by atoms with van der Waals surface area (Å²) in [6.07, 6.45) is 2.93. The van der Waals surface area contributed by atoms with Crippen LogP contribution in [0.2, 0.25) is 0 Å². The molecule has 18 heavy (non-hydrogen) atoms. The van der Waals surface area contributed by atoms with Gasteiger partial charge in [-0.15, -0.1) is 0 Å². The number of hydrogen-bond acceptors (Lipinski definition) is 3. The minimum atomic E-state index is -0.0785. The zero-order chi connectivity index (χ0) is 13.3. The van der Waals surface area contributed by atoms with E-state index in [2.05, 4.69) is 36.5 Å². The minimum absolute atomic E-state index is 0.0508. The van der Waals surface area contributed by atoms with Gasteiger partial charge in [0, 0.05) is 13.2 Å². The summed E-state index contributed by atoms with van der Waals surface area (Å²) in [6.45, 7) is 7.18. The normalized spacial score (nSPS) is 23.6. The van der Waals surface area contributed by atoms with Gasteiger partial charge in [-0.1, -0.05) is 20.8 Å². The third-order valence-corrected chi connectivity index (χ3v) is 3.48. The molecule has 1 amide bonds. The fourth-order valence-corrected chi connectivity index (χ4v) is 2.42. The summed E-state index contributed by atoms with van der Waals surface area (Å²) in [6, 6.07) is -0.0785. The standard InChI is InChI=1S/C13H22N4O/c1-8(2)11-10(7-17(4)16-11)15-13(18)12-9(3)5-6-14-12/h7-9,12,14H,5-6H2,1-4H3,(H,15,18). The number of aryl methyl sites for hydroxylation is 1. The monoisotopic (exact) mass is 250 g/mol. The molecule has 1 aromatic heterocycles. The van der Waals surface area contributed by atoms with Gasteiger partial charge in [0.05, 0.1) is 17.4 Å². The maximum absolute atomic E-state index is 12.2. The first-order valence-corrected chi connectivity index (χ1v) is 6.57. The molecule has 1 fully saturated rings. The summed E-state index contributed by atoms with van der Waals surface area (Å²) in [4.78, 5) is 12.2. The number of amides is 1. The molecule has 100 valence electrons. The van der Waals surface area contributed by atoms with Gasteiger partial charge >= 0.3 is 0 Å². The lowest BCUT2D eigenvalue weighted by molar-refractivity contribution is -0.118. The van der Waals surface area contributed by atoms with Crippen LogP contribution in [0.4, 0.5) is 5.69 Å². The van der Waals surface area contributed by atoms with E-state index < -0.39 is 0 Å². The first-order valence-electron chi connectivity index (χ1n) is 6.57. The molecule has 2 N–H and O–H groups in total. The quantitative estimate of drug-likeness (QED) is 0.854. The molecule has 1 saturated heterocycles. The lowest BCUT2D eigenvalue weighted by Gasteiger charge is -2.15. The zero-order valence-corrected chi connectivity index (χ0v) is 11.5. The smallest absolute Gasteiger partial charge is 0.241 e. The van der Waals surface area contributed by atoms with Crippen molar-refractivity contribution >= 4 is 11.6 Å². The van der Waals surface area contributed by atoms with E-state index in [1.165, 1.54) is 0 Å². The molecule has 2 rings (SSSR count). The van der Waals surface area contributed by atoms with Gasteiger partial charge in [0.25, 0.3) is 0 Å². The maximum Gasteiger partial charge on any atom is 0.241 e. The largest absolute Gasteiger partial charge is 0.322 e. The fourth-order valence-electron chi connectivity index (χ4n) is 2.42. The second-order valence-electron chi connectivity index (χ2n) is 5.44. The number of carbonyl (C=O) groups is 1. The third kappa shape index (κ3) is 2.56. The van der Waals surface area contributed by atoms with E-state index >= 15 is 0 Å².